The molecular weight excluding hydrogens is 498 g/mol. The highest BCUT2D eigenvalue weighted by Gasteiger charge is 2.19. The predicted molar refractivity (Wildman–Crippen MR) is 148 cm³/mol. The number of aliphatic hydroxyl groups is 1. The maximum atomic E-state index is 13.1. The second kappa shape index (κ2) is 13.2. The number of hydrogen-bond acceptors (Lipinski definition) is 6. The van der Waals surface area contributed by atoms with Crippen LogP contribution in [0.15, 0.2) is 119 Å². The van der Waals surface area contributed by atoms with Crippen molar-refractivity contribution in [3.8, 4) is 11.5 Å². The molecule has 0 saturated carbocycles. The maximum absolute atomic E-state index is 13.1. The first kappa shape index (κ1) is 27.4. The number of nitrogens with zero attached hydrogens (tertiary/aromatic N) is 1. The summed E-state index contributed by atoms with van der Waals surface area (Å²) in [7, 11) is -2.13. The quantitative estimate of drug-likeness (QED) is 0.261. The third-order valence-corrected chi connectivity index (χ3v) is 7.97. The molecule has 198 valence electrons. The highest BCUT2D eigenvalue weighted by atomic mass is 32.2. The van der Waals surface area contributed by atoms with Crippen LogP contribution in [0, 0.1) is 0 Å². The Morgan fingerprint density at radius 3 is 2.11 bits per heavy atom. The molecule has 0 radical (unpaired) electrons. The summed E-state index contributed by atoms with van der Waals surface area (Å²) in [6, 6.07) is 33.1. The first-order chi connectivity index (χ1) is 18.4. The third kappa shape index (κ3) is 7.68. The Hall–Kier alpha value is -3.65. The van der Waals surface area contributed by atoms with Gasteiger partial charge in [0.05, 0.1) is 16.9 Å². The fourth-order valence-electron chi connectivity index (χ4n) is 4.16. The molecule has 0 aliphatic carbocycles. The molecule has 7 heteroatoms. The number of ether oxygens (including phenoxy) is 2. The van der Waals surface area contributed by atoms with Crippen LogP contribution in [0.2, 0.25) is 0 Å². The lowest BCUT2D eigenvalue weighted by molar-refractivity contribution is 0.0659. The van der Waals surface area contributed by atoms with Crippen molar-refractivity contribution >= 4 is 9.84 Å². The van der Waals surface area contributed by atoms with Gasteiger partial charge in [-0.15, -0.1) is 0 Å². The number of para-hydroxylation sites is 1. The SMILES string of the molecule is COc1cccc(S(=O)(=O)c2ccc(CCN(Cc3ccccc3)CC(O)COc3ccccc3)cc2)c1. The van der Waals surface area contributed by atoms with E-state index in [-0.39, 0.29) is 16.4 Å². The summed E-state index contributed by atoms with van der Waals surface area (Å²) < 4.78 is 37.0. The zero-order chi connectivity index (χ0) is 26.8. The molecule has 1 N–H and O–H groups in total. The molecule has 0 bridgehead atoms. The van der Waals surface area contributed by atoms with Crippen molar-refractivity contribution in [3.63, 3.8) is 0 Å². The molecule has 4 aromatic rings. The van der Waals surface area contributed by atoms with Crippen LogP contribution in [0.25, 0.3) is 0 Å². The van der Waals surface area contributed by atoms with E-state index in [1.54, 1.807) is 30.3 Å². The van der Waals surface area contributed by atoms with Gasteiger partial charge in [-0.3, -0.25) is 4.90 Å². The number of aliphatic hydroxyl groups excluding tert-OH is 1. The monoisotopic (exact) mass is 531 g/mol. The molecule has 1 unspecified atom stereocenters. The van der Waals surface area contributed by atoms with Gasteiger partial charge in [0.25, 0.3) is 0 Å². The van der Waals surface area contributed by atoms with Crippen LogP contribution >= 0.6 is 0 Å². The van der Waals surface area contributed by atoms with E-state index in [2.05, 4.69) is 17.0 Å². The smallest absolute Gasteiger partial charge is 0.206 e. The number of sulfone groups is 1. The van der Waals surface area contributed by atoms with Crippen molar-refractivity contribution in [2.24, 2.45) is 0 Å². The summed E-state index contributed by atoms with van der Waals surface area (Å²) in [4.78, 5) is 2.63. The van der Waals surface area contributed by atoms with Crippen LogP contribution in [0.4, 0.5) is 0 Å². The number of hydrogen-bond donors (Lipinski definition) is 1. The molecule has 1 atom stereocenters. The molecule has 4 rings (SSSR count). The molecule has 0 aliphatic heterocycles. The largest absolute Gasteiger partial charge is 0.497 e. The van der Waals surface area contributed by atoms with Crippen molar-refractivity contribution < 1.29 is 23.0 Å². The molecule has 0 aliphatic rings. The molecule has 0 fully saturated rings. The normalized spacial score (nSPS) is 12.3. The lowest BCUT2D eigenvalue weighted by Crippen LogP contribution is -2.36. The number of methoxy groups -OCH3 is 1. The average Bonchev–Trinajstić information content (AvgIpc) is 2.96. The van der Waals surface area contributed by atoms with Crippen molar-refractivity contribution in [1.29, 1.82) is 0 Å². The molecular formula is C31H33NO5S. The topological polar surface area (TPSA) is 76.1 Å². The summed E-state index contributed by atoms with van der Waals surface area (Å²) >= 11 is 0. The van der Waals surface area contributed by atoms with Crippen LogP contribution < -0.4 is 9.47 Å². The first-order valence-corrected chi connectivity index (χ1v) is 14.0. The van der Waals surface area contributed by atoms with Crippen molar-refractivity contribution in [3.05, 3.63) is 120 Å². The summed E-state index contributed by atoms with van der Waals surface area (Å²) in [6.45, 7) is 2.03. The Balaban J connectivity index is 1.40. The van der Waals surface area contributed by atoms with Gasteiger partial charge in [-0.25, -0.2) is 8.42 Å². The Morgan fingerprint density at radius 1 is 0.763 bits per heavy atom. The van der Waals surface area contributed by atoms with Crippen molar-refractivity contribution in [1.82, 2.24) is 4.90 Å². The van der Waals surface area contributed by atoms with E-state index in [1.807, 2.05) is 60.7 Å². The fraction of sp³-hybridized carbons (Fsp3) is 0.226. The van der Waals surface area contributed by atoms with E-state index >= 15 is 0 Å². The second-order valence-corrected chi connectivity index (χ2v) is 11.0. The van der Waals surface area contributed by atoms with Gasteiger partial charge in [-0.1, -0.05) is 66.7 Å². The number of rotatable bonds is 13. The maximum Gasteiger partial charge on any atom is 0.206 e. The summed E-state index contributed by atoms with van der Waals surface area (Å²) in [6.07, 6.45) is 0.0489. The Morgan fingerprint density at radius 2 is 1.42 bits per heavy atom. The minimum absolute atomic E-state index is 0.199. The van der Waals surface area contributed by atoms with Gasteiger partial charge in [0.15, 0.2) is 0 Å². The highest BCUT2D eigenvalue weighted by Crippen LogP contribution is 2.24. The zero-order valence-corrected chi connectivity index (χ0v) is 22.3. The van der Waals surface area contributed by atoms with Gasteiger partial charge in [0.1, 0.15) is 24.2 Å². The zero-order valence-electron chi connectivity index (χ0n) is 21.4. The van der Waals surface area contributed by atoms with Crippen molar-refractivity contribution in [2.75, 3.05) is 26.8 Å². The van der Waals surface area contributed by atoms with Gasteiger partial charge >= 0.3 is 0 Å². The Kier molecular flexibility index (Phi) is 9.54. The minimum Gasteiger partial charge on any atom is -0.497 e. The van der Waals surface area contributed by atoms with E-state index in [0.717, 1.165) is 16.9 Å². The highest BCUT2D eigenvalue weighted by molar-refractivity contribution is 7.91. The van der Waals surface area contributed by atoms with Gasteiger partial charge in [-0.05, 0) is 60.0 Å². The molecule has 0 spiro atoms. The Bertz CT molecular complexity index is 1380. The van der Waals surface area contributed by atoms with Gasteiger partial charge in [-0.2, -0.15) is 0 Å². The molecule has 0 aromatic heterocycles. The van der Waals surface area contributed by atoms with Gasteiger partial charge in [0, 0.05) is 19.6 Å². The van der Waals surface area contributed by atoms with Crippen LogP contribution in [0.5, 0.6) is 11.5 Å². The molecule has 0 saturated heterocycles. The van der Waals surface area contributed by atoms with Crippen LogP contribution in [-0.4, -0.2) is 51.3 Å². The lowest BCUT2D eigenvalue weighted by atomic mass is 10.1. The van der Waals surface area contributed by atoms with Gasteiger partial charge < -0.3 is 14.6 Å². The lowest BCUT2D eigenvalue weighted by Gasteiger charge is -2.25. The van der Waals surface area contributed by atoms with E-state index in [4.69, 9.17) is 9.47 Å². The van der Waals surface area contributed by atoms with Crippen molar-refractivity contribution in [2.45, 2.75) is 28.9 Å². The molecule has 6 nitrogen and oxygen atoms in total. The average molecular weight is 532 g/mol. The Labute approximate surface area is 225 Å². The predicted octanol–water partition coefficient (Wildman–Crippen LogP) is 5.01. The summed E-state index contributed by atoms with van der Waals surface area (Å²) in [5.74, 6) is 1.22. The summed E-state index contributed by atoms with van der Waals surface area (Å²) in [5, 5.41) is 10.7. The number of benzene rings is 4. The minimum atomic E-state index is -3.64. The fourth-order valence-corrected chi connectivity index (χ4v) is 5.46. The van der Waals surface area contributed by atoms with E-state index in [9.17, 15) is 13.5 Å². The first-order valence-electron chi connectivity index (χ1n) is 12.5. The van der Waals surface area contributed by atoms with E-state index in [1.165, 1.54) is 13.2 Å². The van der Waals surface area contributed by atoms with Crippen LogP contribution in [0.3, 0.4) is 0 Å². The van der Waals surface area contributed by atoms with Crippen LogP contribution in [0.1, 0.15) is 11.1 Å². The standard InChI is InChI=1S/C31H33NO5S/c1-36-29-13-8-14-31(21-29)38(34,35)30-17-15-25(16-18-30)19-20-32(22-26-9-4-2-5-10-26)23-27(33)24-37-28-11-6-3-7-12-28/h2-18,21,27,33H,19-20,22-24H2,1H3. The molecule has 38 heavy (non-hydrogen) atoms. The van der Waals surface area contributed by atoms with Gasteiger partial charge in [0.2, 0.25) is 9.84 Å². The molecule has 0 amide bonds. The van der Waals surface area contributed by atoms with Crippen LogP contribution in [-0.2, 0) is 22.8 Å². The third-order valence-electron chi connectivity index (χ3n) is 6.21. The second-order valence-electron chi connectivity index (χ2n) is 9.07. The molecule has 4 aromatic carbocycles. The summed E-state index contributed by atoms with van der Waals surface area (Å²) in [5.41, 5.74) is 2.17. The molecule has 0 heterocycles. The van der Waals surface area contributed by atoms with E-state index < -0.39 is 15.9 Å². The van der Waals surface area contributed by atoms with E-state index in [0.29, 0.717) is 31.8 Å².